The summed E-state index contributed by atoms with van der Waals surface area (Å²) in [6, 6.07) is 75.3. The summed E-state index contributed by atoms with van der Waals surface area (Å²) in [5.74, 6) is 0.582. The van der Waals surface area contributed by atoms with Crippen LogP contribution in [0.1, 0.15) is 43.6 Å². The number of fused-ring (bicyclic) bond motifs is 4. The Labute approximate surface area is 352 Å². The second-order valence-corrected chi connectivity index (χ2v) is 16.3. The maximum absolute atomic E-state index is 6.18. The van der Waals surface area contributed by atoms with Crippen molar-refractivity contribution >= 4 is 49.8 Å². The lowest BCUT2D eigenvalue weighted by molar-refractivity contribution is 0.445. The molecule has 0 bridgehead atoms. The molecule has 0 saturated heterocycles. The third kappa shape index (κ3) is 6.55. The van der Waals surface area contributed by atoms with Crippen molar-refractivity contribution in [2.24, 2.45) is 0 Å². The predicted molar refractivity (Wildman–Crippen MR) is 253 cm³/mol. The van der Waals surface area contributed by atoms with E-state index in [0.29, 0.717) is 5.92 Å². The first kappa shape index (κ1) is 36.0. The maximum atomic E-state index is 6.18. The van der Waals surface area contributed by atoms with Gasteiger partial charge in [0.2, 0.25) is 0 Å². The van der Waals surface area contributed by atoms with Crippen LogP contribution in [0, 0.1) is 0 Å². The van der Waals surface area contributed by atoms with Gasteiger partial charge in [-0.25, -0.2) is 0 Å². The van der Waals surface area contributed by atoms with E-state index in [9.17, 15) is 0 Å². The van der Waals surface area contributed by atoms with Crippen molar-refractivity contribution in [3.63, 3.8) is 0 Å². The van der Waals surface area contributed by atoms with Gasteiger partial charge in [0.15, 0.2) is 0 Å². The Morgan fingerprint density at radius 2 is 0.950 bits per heavy atom. The Balaban J connectivity index is 1.08. The zero-order valence-electron chi connectivity index (χ0n) is 33.6. The lowest BCUT2D eigenvalue weighted by atomic mass is 9.80. The molecule has 2 nitrogen and oxygen atoms in total. The fourth-order valence-electron chi connectivity index (χ4n) is 9.75. The highest BCUT2D eigenvalue weighted by molar-refractivity contribution is 6.07. The lowest BCUT2D eigenvalue weighted by Gasteiger charge is -2.31. The summed E-state index contributed by atoms with van der Waals surface area (Å²) in [5.41, 5.74) is 16.3. The molecule has 0 unspecified atom stereocenters. The maximum Gasteiger partial charge on any atom is 0.135 e. The quantitative estimate of drug-likeness (QED) is 0.153. The van der Waals surface area contributed by atoms with Crippen LogP contribution in [-0.2, 0) is 0 Å². The van der Waals surface area contributed by atoms with Gasteiger partial charge in [0, 0.05) is 27.6 Å². The Morgan fingerprint density at radius 1 is 0.383 bits per heavy atom. The molecule has 1 aliphatic rings. The molecule has 2 heteroatoms. The van der Waals surface area contributed by atoms with Crippen LogP contribution in [0.2, 0.25) is 0 Å². The molecule has 60 heavy (non-hydrogen) atoms. The van der Waals surface area contributed by atoms with Crippen molar-refractivity contribution in [1.29, 1.82) is 0 Å². The average Bonchev–Trinajstić information content (AvgIpc) is 3.71. The first-order valence-corrected chi connectivity index (χ1v) is 21.4. The third-order valence-corrected chi connectivity index (χ3v) is 12.7. The molecular weight excluding hydrogens is 727 g/mol. The normalized spacial score (nSPS) is 13.3. The van der Waals surface area contributed by atoms with Gasteiger partial charge in [-0.1, -0.05) is 183 Å². The van der Waals surface area contributed by atoms with Gasteiger partial charge in [-0.2, -0.15) is 0 Å². The summed E-state index contributed by atoms with van der Waals surface area (Å²) in [6.45, 7) is 0. The number of para-hydroxylation sites is 3. The van der Waals surface area contributed by atoms with Crippen LogP contribution in [0.5, 0.6) is 0 Å². The van der Waals surface area contributed by atoms with E-state index in [2.05, 4.69) is 199 Å². The second kappa shape index (κ2) is 15.5. The monoisotopic (exact) mass is 771 g/mol. The van der Waals surface area contributed by atoms with Crippen LogP contribution in [0.3, 0.4) is 0 Å². The largest absolute Gasteiger partial charge is 0.456 e. The Kier molecular flexibility index (Phi) is 9.32. The minimum absolute atomic E-state index is 0.582. The minimum atomic E-state index is 0.582. The van der Waals surface area contributed by atoms with E-state index in [0.717, 1.165) is 50.1 Å². The molecule has 10 aromatic rings. The molecule has 1 saturated carbocycles. The third-order valence-electron chi connectivity index (χ3n) is 12.7. The van der Waals surface area contributed by atoms with Crippen molar-refractivity contribution in [1.82, 2.24) is 0 Å². The first-order chi connectivity index (χ1) is 29.8. The summed E-state index contributed by atoms with van der Waals surface area (Å²) >= 11 is 0. The van der Waals surface area contributed by atoms with E-state index in [1.165, 1.54) is 81.8 Å². The highest BCUT2D eigenvalue weighted by atomic mass is 16.3. The van der Waals surface area contributed by atoms with Crippen molar-refractivity contribution in [2.45, 2.75) is 38.0 Å². The Hall–Kier alpha value is -7.16. The number of benzene rings is 9. The summed E-state index contributed by atoms with van der Waals surface area (Å²) in [4.78, 5) is 2.48. The standard InChI is InChI=1S/C58H45NO/c1-3-15-40(16-4-1)41-29-31-44(32-30-41)48-21-7-10-26-54(48)59(47-36-33-42(34-37-47)46-35-38-57-53(39-46)51-23-9-12-28-56(51)60-57)55-27-11-8-22-50(55)52-25-14-20-45-19-13-24-49(58(45)52)43-17-5-2-6-18-43/h1,3-4,7-16,19-39,43H,2,5-6,17-18H2. The Bertz CT molecular complexity index is 3110. The van der Waals surface area contributed by atoms with Gasteiger partial charge in [-0.3, -0.25) is 0 Å². The molecule has 0 N–H and O–H groups in total. The van der Waals surface area contributed by atoms with Gasteiger partial charge < -0.3 is 9.32 Å². The molecule has 9 aromatic carbocycles. The molecule has 0 amide bonds. The second-order valence-electron chi connectivity index (χ2n) is 16.3. The molecular formula is C58H45NO. The molecule has 0 aliphatic heterocycles. The molecule has 11 rings (SSSR count). The molecule has 1 fully saturated rings. The fraction of sp³-hybridized carbons (Fsp3) is 0.103. The molecule has 0 radical (unpaired) electrons. The number of furan rings is 1. The van der Waals surface area contributed by atoms with Crippen LogP contribution in [0.15, 0.2) is 211 Å². The van der Waals surface area contributed by atoms with Crippen LogP contribution in [-0.4, -0.2) is 0 Å². The Morgan fingerprint density at radius 3 is 1.75 bits per heavy atom. The van der Waals surface area contributed by atoms with E-state index < -0.39 is 0 Å². The molecule has 288 valence electrons. The van der Waals surface area contributed by atoms with E-state index in [1.807, 2.05) is 12.1 Å². The van der Waals surface area contributed by atoms with Gasteiger partial charge >= 0.3 is 0 Å². The number of nitrogens with zero attached hydrogens (tertiary/aromatic N) is 1. The van der Waals surface area contributed by atoms with Crippen molar-refractivity contribution in [2.75, 3.05) is 4.90 Å². The van der Waals surface area contributed by atoms with Gasteiger partial charge in [0.05, 0.1) is 11.4 Å². The summed E-state index contributed by atoms with van der Waals surface area (Å²) < 4.78 is 6.18. The number of rotatable bonds is 8. The van der Waals surface area contributed by atoms with Crippen LogP contribution in [0.4, 0.5) is 17.1 Å². The minimum Gasteiger partial charge on any atom is -0.456 e. The molecule has 0 spiro atoms. The van der Waals surface area contributed by atoms with Crippen molar-refractivity contribution in [3.05, 3.63) is 212 Å². The predicted octanol–water partition coefficient (Wildman–Crippen LogP) is 16.9. The van der Waals surface area contributed by atoms with Crippen molar-refractivity contribution in [3.8, 4) is 44.5 Å². The SMILES string of the molecule is c1ccc(-c2ccc(-c3ccccc3N(c3ccc(-c4ccc5oc6ccccc6c5c4)cc3)c3ccccc3-c3cccc4cccc(C5CCCCC5)c34)cc2)cc1. The van der Waals surface area contributed by atoms with Gasteiger partial charge in [-0.15, -0.1) is 0 Å². The van der Waals surface area contributed by atoms with Gasteiger partial charge in [-0.05, 0) is 111 Å². The lowest BCUT2D eigenvalue weighted by Crippen LogP contribution is -2.12. The highest BCUT2D eigenvalue weighted by Crippen LogP contribution is 2.48. The van der Waals surface area contributed by atoms with E-state index in [1.54, 1.807) is 0 Å². The molecule has 1 heterocycles. The number of hydrogen-bond acceptors (Lipinski definition) is 2. The summed E-state index contributed by atoms with van der Waals surface area (Å²) in [7, 11) is 0. The zero-order valence-corrected chi connectivity index (χ0v) is 33.6. The van der Waals surface area contributed by atoms with Gasteiger partial charge in [0.25, 0.3) is 0 Å². The number of anilines is 3. The summed E-state index contributed by atoms with van der Waals surface area (Å²) in [5, 5.41) is 4.98. The molecule has 1 aromatic heterocycles. The molecule has 0 atom stereocenters. The smallest absolute Gasteiger partial charge is 0.135 e. The number of hydrogen-bond donors (Lipinski definition) is 0. The van der Waals surface area contributed by atoms with E-state index in [-0.39, 0.29) is 0 Å². The van der Waals surface area contributed by atoms with Crippen LogP contribution < -0.4 is 4.90 Å². The zero-order chi connectivity index (χ0) is 39.8. The van der Waals surface area contributed by atoms with Crippen molar-refractivity contribution < 1.29 is 4.42 Å². The topological polar surface area (TPSA) is 16.4 Å². The highest BCUT2D eigenvalue weighted by Gasteiger charge is 2.24. The average molecular weight is 772 g/mol. The van der Waals surface area contributed by atoms with E-state index >= 15 is 0 Å². The fourth-order valence-corrected chi connectivity index (χ4v) is 9.75. The molecule has 1 aliphatic carbocycles. The van der Waals surface area contributed by atoms with Gasteiger partial charge in [0.1, 0.15) is 11.2 Å². The summed E-state index contributed by atoms with van der Waals surface area (Å²) in [6.07, 6.45) is 6.47. The van der Waals surface area contributed by atoms with E-state index in [4.69, 9.17) is 4.42 Å². The van der Waals surface area contributed by atoms with Crippen LogP contribution >= 0.6 is 0 Å². The first-order valence-electron chi connectivity index (χ1n) is 21.4. The van der Waals surface area contributed by atoms with Crippen LogP contribution in [0.25, 0.3) is 77.2 Å².